The molecule has 2 amide bonds. The summed E-state index contributed by atoms with van der Waals surface area (Å²) in [6.07, 6.45) is 1.94. The molecule has 0 unspecified atom stereocenters. The van der Waals surface area contributed by atoms with Crippen LogP contribution in [0.2, 0.25) is 0 Å². The van der Waals surface area contributed by atoms with Crippen molar-refractivity contribution in [3.05, 3.63) is 70.7 Å². The van der Waals surface area contributed by atoms with E-state index in [1.54, 1.807) is 18.4 Å². The van der Waals surface area contributed by atoms with Gasteiger partial charge in [0.25, 0.3) is 0 Å². The van der Waals surface area contributed by atoms with Crippen LogP contribution < -0.4 is 10.6 Å². The van der Waals surface area contributed by atoms with Gasteiger partial charge in [-0.1, -0.05) is 24.3 Å². The summed E-state index contributed by atoms with van der Waals surface area (Å²) in [6.45, 7) is 4.65. The van der Waals surface area contributed by atoms with E-state index in [2.05, 4.69) is 10.6 Å². The molecule has 0 aliphatic heterocycles. The number of halogens is 1. The van der Waals surface area contributed by atoms with Crippen molar-refractivity contribution in [2.75, 3.05) is 13.1 Å². The van der Waals surface area contributed by atoms with Gasteiger partial charge in [-0.25, -0.2) is 4.39 Å². The summed E-state index contributed by atoms with van der Waals surface area (Å²) < 4.78 is 18.7. The highest BCUT2D eigenvalue weighted by Gasteiger charge is 2.12. The van der Waals surface area contributed by atoms with Gasteiger partial charge in [-0.3, -0.25) is 9.59 Å². The van der Waals surface area contributed by atoms with Gasteiger partial charge in [0, 0.05) is 24.0 Å². The summed E-state index contributed by atoms with van der Waals surface area (Å²) >= 11 is 0. The Bertz CT molecular complexity index is 1010. The van der Waals surface area contributed by atoms with Crippen LogP contribution in [0.25, 0.3) is 11.0 Å². The van der Waals surface area contributed by atoms with Crippen molar-refractivity contribution in [3.8, 4) is 0 Å². The van der Waals surface area contributed by atoms with Crippen molar-refractivity contribution in [3.63, 3.8) is 0 Å². The Morgan fingerprint density at radius 2 is 1.71 bits per heavy atom. The molecule has 1 aromatic heterocycles. The number of aryl methyl sites for hydroxylation is 2. The number of amides is 2. The van der Waals surface area contributed by atoms with Crippen LogP contribution >= 0.6 is 0 Å². The lowest BCUT2D eigenvalue weighted by atomic mass is 10.0. The average molecular weight is 382 g/mol. The summed E-state index contributed by atoms with van der Waals surface area (Å²) in [5.74, 6) is -0.721. The zero-order valence-corrected chi connectivity index (χ0v) is 16.0. The Morgan fingerprint density at radius 1 is 1.00 bits per heavy atom. The predicted molar refractivity (Wildman–Crippen MR) is 106 cm³/mol. The standard InChI is InChI=1S/C22H23FN2O3/c1-14-6-7-19-17(13-28-22(19)15(14)2)12-21(27)25-9-8-24-20(26)11-16-4-3-5-18(23)10-16/h3-7,10,13H,8-9,11-12H2,1-2H3,(H,24,26)(H,25,27). The van der Waals surface area contributed by atoms with Crippen LogP contribution in [0, 0.1) is 19.7 Å². The van der Waals surface area contributed by atoms with Crippen LogP contribution in [0.3, 0.4) is 0 Å². The predicted octanol–water partition coefficient (Wildman–Crippen LogP) is 3.21. The maximum absolute atomic E-state index is 13.1. The van der Waals surface area contributed by atoms with E-state index in [9.17, 15) is 14.0 Å². The van der Waals surface area contributed by atoms with Crippen LogP contribution in [0.15, 0.2) is 47.1 Å². The molecule has 5 nitrogen and oxygen atoms in total. The molecule has 3 aromatic rings. The molecule has 6 heteroatoms. The molecule has 0 bridgehead atoms. The number of carbonyl (C=O) groups is 2. The highest BCUT2D eigenvalue weighted by atomic mass is 19.1. The average Bonchev–Trinajstić information content (AvgIpc) is 3.05. The molecular formula is C22H23FN2O3. The third kappa shape index (κ3) is 4.76. The molecule has 3 rings (SSSR count). The molecule has 0 atom stereocenters. The number of nitrogens with one attached hydrogen (secondary N) is 2. The van der Waals surface area contributed by atoms with Gasteiger partial charge in [0.05, 0.1) is 19.1 Å². The molecule has 0 spiro atoms. The van der Waals surface area contributed by atoms with E-state index in [1.165, 1.54) is 12.1 Å². The normalized spacial score (nSPS) is 10.8. The number of hydrogen-bond acceptors (Lipinski definition) is 3. The van der Waals surface area contributed by atoms with Gasteiger partial charge in [0.1, 0.15) is 11.4 Å². The van der Waals surface area contributed by atoms with Crippen LogP contribution in [0.4, 0.5) is 4.39 Å². The largest absolute Gasteiger partial charge is 0.464 e. The Labute approximate surface area is 162 Å². The smallest absolute Gasteiger partial charge is 0.224 e. The van der Waals surface area contributed by atoms with Crippen LogP contribution in [0.1, 0.15) is 22.3 Å². The first-order chi connectivity index (χ1) is 13.4. The molecule has 0 aliphatic rings. The highest BCUT2D eigenvalue weighted by molar-refractivity contribution is 5.89. The number of benzene rings is 2. The number of fused-ring (bicyclic) bond motifs is 1. The first-order valence-corrected chi connectivity index (χ1v) is 9.18. The molecule has 2 aromatic carbocycles. The quantitative estimate of drug-likeness (QED) is 0.617. The lowest BCUT2D eigenvalue weighted by molar-refractivity contribution is -0.122. The van der Waals surface area contributed by atoms with E-state index >= 15 is 0 Å². The van der Waals surface area contributed by atoms with Gasteiger partial charge in [-0.2, -0.15) is 0 Å². The number of furan rings is 1. The second-order valence-electron chi connectivity index (χ2n) is 6.83. The van der Waals surface area contributed by atoms with E-state index in [4.69, 9.17) is 4.42 Å². The van der Waals surface area contributed by atoms with E-state index in [0.29, 0.717) is 18.7 Å². The third-order valence-corrected chi connectivity index (χ3v) is 4.72. The fourth-order valence-electron chi connectivity index (χ4n) is 3.06. The maximum Gasteiger partial charge on any atom is 0.224 e. The Hall–Kier alpha value is -3.15. The molecule has 146 valence electrons. The molecule has 0 saturated carbocycles. The fraction of sp³-hybridized carbons (Fsp3) is 0.273. The Morgan fingerprint density at radius 3 is 2.43 bits per heavy atom. The zero-order chi connectivity index (χ0) is 20.1. The highest BCUT2D eigenvalue weighted by Crippen LogP contribution is 2.26. The van der Waals surface area contributed by atoms with Crippen molar-refractivity contribution in [2.24, 2.45) is 0 Å². The minimum Gasteiger partial charge on any atom is -0.464 e. The second kappa shape index (κ2) is 8.69. The minimum absolute atomic E-state index is 0.103. The molecular weight excluding hydrogens is 359 g/mol. The summed E-state index contributed by atoms with van der Waals surface area (Å²) in [6, 6.07) is 9.92. The summed E-state index contributed by atoms with van der Waals surface area (Å²) in [5.41, 5.74) is 4.48. The van der Waals surface area contributed by atoms with Crippen LogP contribution in [0.5, 0.6) is 0 Å². The molecule has 0 saturated heterocycles. The van der Waals surface area contributed by atoms with Gasteiger partial charge >= 0.3 is 0 Å². The van der Waals surface area contributed by atoms with E-state index in [0.717, 1.165) is 27.7 Å². The fourth-order valence-corrected chi connectivity index (χ4v) is 3.06. The van der Waals surface area contributed by atoms with E-state index in [1.807, 2.05) is 26.0 Å². The van der Waals surface area contributed by atoms with Gasteiger partial charge < -0.3 is 15.1 Å². The molecule has 1 heterocycles. The zero-order valence-electron chi connectivity index (χ0n) is 16.0. The lowest BCUT2D eigenvalue weighted by Gasteiger charge is -2.07. The number of carbonyl (C=O) groups excluding carboxylic acids is 2. The van der Waals surface area contributed by atoms with Crippen LogP contribution in [-0.2, 0) is 22.4 Å². The van der Waals surface area contributed by atoms with E-state index in [-0.39, 0.29) is 30.5 Å². The monoisotopic (exact) mass is 382 g/mol. The van der Waals surface area contributed by atoms with Crippen molar-refractivity contribution < 1.29 is 18.4 Å². The maximum atomic E-state index is 13.1. The van der Waals surface area contributed by atoms with Gasteiger partial charge in [-0.05, 0) is 42.7 Å². The number of hydrogen-bond donors (Lipinski definition) is 2. The molecule has 0 aliphatic carbocycles. The topological polar surface area (TPSA) is 71.3 Å². The summed E-state index contributed by atoms with van der Waals surface area (Å²) in [5, 5.41) is 6.44. The molecule has 28 heavy (non-hydrogen) atoms. The first-order valence-electron chi connectivity index (χ1n) is 9.18. The minimum atomic E-state index is -0.366. The summed E-state index contributed by atoms with van der Waals surface area (Å²) in [4.78, 5) is 24.0. The number of rotatable bonds is 7. The van der Waals surface area contributed by atoms with Crippen molar-refractivity contribution in [1.29, 1.82) is 0 Å². The lowest BCUT2D eigenvalue weighted by Crippen LogP contribution is -2.35. The van der Waals surface area contributed by atoms with Gasteiger partial charge in [0.15, 0.2) is 0 Å². The van der Waals surface area contributed by atoms with Gasteiger partial charge in [-0.15, -0.1) is 0 Å². The molecule has 0 fully saturated rings. The van der Waals surface area contributed by atoms with Gasteiger partial charge in [0.2, 0.25) is 11.8 Å². The van der Waals surface area contributed by atoms with Crippen molar-refractivity contribution in [2.45, 2.75) is 26.7 Å². The van der Waals surface area contributed by atoms with E-state index < -0.39 is 0 Å². The van der Waals surface area contributed by atoms with Crippen molar-refractivity contribution >= 4 is 22.8 Å². The SMILES string of the molecule is Cc1ccc2c(CC(=O)NCCNC(=O)Cc3cccc(F)c3)coc2c1C. The molecule has 0 radical (unpaired) electrons. The Balaban J connectivity index is 1.44. The Kier molecular flexibility index (Phi) is 6.09. The third-order valence-electron chi connectivity index (χ3n) is 4.72. The van der Waals surface area contributed by atoms with Crippen molar-refractivity contribution in [1.82, 2.24) is 10.6 Å². The summed E-state index contributed by atoms with van der Waals surface area (Å²) in [7, 11) is 0. The second-order valence-corrected chi connectivity index (χ2v) is 6.83. The molecule has 2 N–H and O–H groups in total. The van der Waals surface area contributed by atoms with Crippen LogP contribution in [-0.4, -0.2) is 24.9 Å². The first kappa shape index (κ1) is 19.6.